The third kappa shape index (κ3) is 1.77. The van der Waals surface area contributed by atoms with Gasteiger partial charge in [0.2, 0.25) is 0 Å². The van der Waals surface area contributed by atoms with Crippen molar-refractivity contribution in [1.29, 1.82) is 0 Å². The molecule has 0 radical (unpaired) electrons. The van der Waals surface area contributed by atoms with Crippen LogP contribution in [0.1, 0.15) is 17.8 Å². The van der Waals surface area contributed by atoms with Crippen molar-refractivity contribution in [2.24, 2.45) is 7.05 Å². The minimum atomic E-state index is -0.685. The van der Waals surface area contributed by atoms with Gasteiger partial charge in [0, 0.05) is 7.05 Å². The van der Waals surface area contributed by atoms with Crippen LogP contribution in [0.4, 0.5) is 0 Å². The van der Waals surface area contributed by atoms with Gasteiger partial charge in [0.05, 0.1) is 5.69 Å². The quantitative estimate of drug-likeness (QED) is 0.575. The first-order valence-corrected chi connectivity index (χ1v) is 6.96. The molecule has 1 aliphatic heterocycles. The highest BCUT2D eigenvalue weighted by Crippen LogP contribution is 2.19. The number of nitrogens with zero attached hydrogens (tertiary/aromatic N) is 3. The fourth-order valence-corrected chi connectivity index (χ4v) is 3.15. The maximum atomic E-state index is 4.36. The molecule has 0 aliphatic carbocycles. The van der Waals surface area contributed by atoms with E-state index in [-0.39, 0.29) is 0 Å². The molecule has 0 fully saturated rings. The van der Waals surface area contributed by atoms with Gasteiger partial charge >= 0.3 is 0 Å². The molecule has 0 bridgehead atoms. The Morgan fingerprint density at radius 2 is 2.15 bits per heavy atom. The number of aromatic nitrogens is 3. The third-order valence-electron chi connectivity index (χ3n) is 2.16. The van der Waals surface area contributed by atoms with Gasteiger partial charge in [-0.15, -0.1) is 0 Å². The predicted octanol–water partition coefficient (Wildman–Crippen LogP) is 0.778. The van der Waals surface area contributed by atoms with Crippen molar-refractivity contribution in [3.63, 3.8) is 0 Å². The van der Waals surface area contributed by atoms with Gasteiger partial charge in [-0.3, -0.25) is 0 Å². The maximum Gasteiger partial charge on any atom is 0.114 e. The molecule has 0 unspecified atom stereocenters. The van der Waals surface area contributed by atoms with Crippen LogP contribution in [0.3, 0.4) is 0 Å². The van der Waals surface area contributed by atoms with Crippen LogP contribution in [-0.2, 0) is 13.5 Å². The summed E-state index contributed by atoms with van der Waals surface area (Å²) in [7, 11) is 1.20. The van der Waals surface area contributed by atoms with Crippen LogP contribution in [0.5, 0.6) is 0 Å². The molecule has 72 valence electrons. The second-order valence-electron chi connectivity index (χ2n) is 3.83. The van der Waals surface area contributed by atoms with E-state index in [1.165, 1.54) is 0 Å². The highest BCUT2D eigenvalue weighted by atomic mass is 32.2. The molecule has 4 heteroatoms. The average Bonchev–Trinajstić information content (AvgIpc) is 2.23. The monoisotopic (exact) mass is 197 g/mol. The zero-order valence-electron chi connectivity index (χ0n) is 8.32. The minimum Gasteiger partial charge on any atom is -0.208 e. The predicted molar refractivity (Wildman–Crippen MR) is 60.0 cm³/mol. The molecule has 0 spiro atoms. The Morgan fingerprint density at radius 1 is 1.38 bits per heavy atom. The van der Waals surface area contributed by atoms with Crippen molar-refractivity contribution in [3.05, 3.63) is 11.4 Å². The second-order valence-corrected chi connectivity index (χ2v) is 7.38. The third-order valence-corrected chi connectivity index (χ3v) is 4.08. The fraction of sp³-hybridized carbons (Fsp3) is 0.556. The van der Waals surface area contributed by atoms with E-state index in [2.05, 4.69) is 33.4 Å². The number of hydrogen-bond donors (Lipinski definition) is 0. The lowest BCUT2D eigenvalue weighted by molar-refractivity contribution is 0.644. The lowest BCUT2D eigenvalue weighted by Gasteiger charge is -2.00. The highest BCUT2D eigenvalue weighted by molar-refractivity contribution is 8.28. The highest BCUT2D eigenvalue weighted by Gasteiger charge is 2.09. The number of rotatable bonds is 0. The SMILES string of the molecule is Cn1nc2c(n1)CCC=S(C)(C)=C2. The van der Waals surface area contributed by atoms with Crippen LogP contribution in [0.2, 0.25) is 0 Å². The van der Waals surface area contributed by atoms with E-state index < -0.39 is 9.21 Å². The van der Waals surface area contributed by atoms with Gasteiger partial charge in [-0.2, -0.15) is 15.0 Å². The van der Waals surface area contributed by atoms with Gasteiger partial charge in [-0.25, -0.2) is 9.21 Å². The van der Waals surface area contributed by atoms with E-state index in [0.717, 1.165) is 24.2 Å². The molecule has 0 saturated heterocycles. The van der Waals surface area contributed by atoms with E-state index in [1.807, 2.05) is 7.05 Å². The summed E-state index contributed by atoms with van der Waals surface area (Å²) in [5.74, 6) is 0. The Bertz CT molecular complexity index is 439. The average molecular weight is 197 g/mol. The Labute approximate surface area is 79.2 Å². The molecule has 0 aromatic carbocycles. The van der Waals surface area contributed by atoms with Crippen molar-refractivity contribution in [3.8, 4) is 0 Å². The molecule has 13 heavy (non-hydrogen) atoms. The van der Waals surface area contributed by atoms with E-state index in [4.69, 9.17) is 0 Å². The second kappa shape index (κ2) is 2.87. The zero-order chi connectivity index (χ0) is 9.47. The van der Waals surface area contributed by atoms with E-state index >= 15 is 0 Å². The molecule has 3 nitrogen and oxygen atoms in total. The maximum absolute atomic E-state index is 4.36. The van der Waals surface area contributed by atoms with E-state index in [9.17, 15) is 0 Å². The van der Waals surface area contributed by atoms with Gasteiger partial charge < -0.3 is 0 Å². The summed E-state index contributed by atoms with van der Waals surface area (Å²) in [5, 5.41) is 13.4. The van der Waals surface area contributed by atoms with Crippen LogP contribution in [0.15, 0.2) is 0 Å². The van der Waals surface area contributed by atoms with Crippen molar-refractivity contribution >= 4 is 19.9 Å². The Kier molecular flexibility index (Phi) is 1.95. The topological polar surface area (TPSA) is 30.7 Å². The Balaban J connectivity index is 2.63. The molecule has 1 aromatic rings. The van der Waals surface area contributed by atoms with Gasteiger partial charge in [0.25, 0.3) is 0 Å². The summed E-state index contributed by atoms with van der Waals surface area (Å²) in [4.78, 5) is 1.67. The van der Waals surface area contributed by atoms with Crippen molar-refractivity contribution in [1.82, 2.24) is 15.0 Å². The van der Waals surface area contributed by atoms with Gasteiger partial charge in [-0.1, -0.05) is 5.37 Å². The summed E-state index contributed by atoms with van der Waals surface area (Å²) in [6.45, 7) is 0. The molecule has 0 atom stereocenters. The molecule has 0 saturated carbocycles. The molecule has 2 heterocycles. The number of fused-ring (bicyclic) bond motifs is 1. The van der Waals surface area contributed by atoms with Gasteiger partial charge in [-0.05, 0) is 30.7 Å². The van der Waals surface area contributed by atoms with Crippen LogP contribution in [0, 0.1) is 0 Å². The fourth-order valence-electron chi connectivity index (χ4n) is 1.57. The summed E-state index contributed by atoms with van der Waals surface area (Å²) in [6.07, 6.45) is 6.74. The van der Waals surface area contributed by atoms with E-state index in [1.54, 1.807) is 4.80 Å². The molecule has 1 aliphatic rings. The van der Waals surface area contributed by atoms with Crippen LogP contribution >= 0.6 is 9.21 Å². The first kappa shape index (κ1) is 8.81. The molecular formula is C9H15N3S. The summed E-state index contributed by atoms with van der Waals surface area (Å²) >= 11 is 0. The van der Waals surface area contributed by atoms with Gasteiger partial charge in [0.15, 0.2) is 0 Å². The van der Waals surface area contributed by atoms with Crippen LogP contribution in [-0.4, -0.2) is 38.2 Å². The minimum absolute atomic E-state index is 0.685. The van der Waals surface area contributed by atoms with Gasteiger partial charge in [0.1, 0.15) is 5.69 Å². The summed E-state index contributed by atoms with van der Waals surface area (Å²) < 4.78 is 0. The Hall–Kier alpha value is -0.770. The Morgan fingerprint density at radius 3 is 2.92 bits per heavy atom. The zero-order valence-corrected chi connectivity index (χ0v) is 9.14. The standard InChI is InChI=1S/C9H15N3S/c1-12-10-8-5-4-6-13(2,3)7-9(8)11-12/h6-7H,4-5H2,1-3H3. The number of aryl methyl sites for hydroxylation is 2. The first-order valence-electron chi connectivity index (χ1n) is 4.38. The normalized spacial score (nSPS) is 19.6. The van der Waals surface area contributed by atoms with Crippen molar-refractivity contribution < 1.29 is 0 Å². The van der Waals surface area contributed by atoms with Crippen molar-refractivity contribution in [2.45, 2.75) is 12.8 Å². The summed E-state index contributed by atoms with van der Waals surface area (Å²) in [5.41, 5.74) is 2.24. The number of hydrogen-bond acceptors (Lipinski definition) is 2. The largest absolute Gasteiger partial charge is 0.208 e. The van der Waals surface area contributed by atoms with Crippen LogP contribution in [0.25, 0.3) is 0 Å². The molecular weight excluding hydrogens is 182 g/mol. The molecule has 0 amide bonds. The lowest BCUT2D eigenvalue weighted by atomic mass is 10.2. The van der Waals surface area contributed by atoms with Crippen LogP contribution < -0.4 is 0 Å². The lowest BCUT2D eigenvalue weighted by Crippen LogP contribution is -1.94. The molecule has 1 aromatic heterocycles. The van der Waals surface area contributed by atoms with Crippen molar-refractivity contribution in [2.75, 3.05) is 12.5 Å². The smallest absolute Gasteiger partial charge is 0.114 e. The first-order chi connectivity index (χ1) is 6.07. The van der Waals surface area contributed by atoms with E-state index in [0.29, 0.717) is 0 Å². The summed E-state index contributed by atoms with van der Waals surface area (Å²) in [6, 6.07) is 0. The molecule has 2 rings (SSSR count). The molecule has 0 N–H and O–H groups in total.